The summed E-state index contributed by atoms with van der Waals surface area (Å²) < 4.78 is 0. The Kier molecular flexibility index (Phi) is 6.03. The van der Waals surface area contributed by atoms with E-state index in [1.54, 1.807) is 0 Å². The van der Waals surface area contributed by atoms with Gasteiger partial charge in [-0.2, -0.15) is 0 Å². The number of likely N-dealkylation sites (N-methyl/N-ethyl adjacent to an activating group) is 1. The van der Waals surface area contributed by atoms with Crippen LogP contribution in [0.5, 0.6) is 0 Å². The van der Waals surface area contributed by atoms with Gasteiger partial charge in [0, 0.05) is 44.6 Å². The predicted molar refractivity (Wildman–Crippen MR) is 83.9 cm³/mol. The highest BCUT2D eigenvalue weighted by Gasteiger charge is 2.31. The standard InChI is InChI=1S/C17H32N2O/c1-4-6-14-7-8-17(20)15(11-14)12-19-10-9-18(3)16(5-2)13-19/h14-16H,4-13H2,1-3H3. The Bertz CT molecular complexity index is 318. The molecular weight excluding hydrogens is 248 g/mol. The number of Topliss-reactive ketones (excluding diaryl/α,β-unsaturated/α-hetero) is 1. The van der Waals surface area contributed by atoms with Gasteiger partial charge in [0.2, 0.25) is 0 Å². The average molecular weight is 280 g/mol. The number of ketones is 1. The summed E-state index contributed by atoms with van der Waals surface area (Å²) in [6, 6.07) is 0.675. The Morgan fingerprint density at radius 3 is 2.75 bits per heavy atom. The first-order valence-electron chi connectivity index (χ1n) is 8.59. The molecule has 0 aromatic rings. The molecule has 0 spiro atoms. The first-order valence-corrected chi connectivity index (χ1v) is 8.59. The normalized spacial score (nSPS) is 33.5. The van der Waals surface area contributed by atoms with Crippen molar-refractivity contribution >= 4 is 5.78 Å². The van der Waals surface area contributed by atoms with Crippen LogP contribution in [-0.2, 0) is 4.79 Å². The maximum absolute atomic E-state index is 12.2. The van der Waals surface area contributed by atoms with Crippen LogP contribution < -0.4 is 0 Å². The van der Waals surface area contributed by atoms with Crippen LogP contribution in [0, 0.1) is 11.8 Å². The van der Waals surface area contributed by atoms with Gasteiger partial charge in [-0.3, -0.25) is 9.69 Å². The molecular formula is C17H32N2O. The fourth-order valence-electron chi connectivity index (χ4n) is 3.98. The summed E-state index contributed by atoms with van der Waals surface area (Å²) in [6.45, 7) is 8.98. The van der Waals surface area contributed by atoms with Crippen LogP contribution in [0.3, 0.4) is 0 Å². The summed E-state index contributed by atoms with van der Waals surface area (Å²) in [4.78, 5) is 17.2. The first-order chi connectivity index (χ1) is 9.63. The van der Waals surface area contributed by atoms with E-state index in [-0.39, 0.29) is 0 Å². The minimum atomic E-state index is 0.321. The van der Waals surface area contributed by atoms with Gasteiger partial charge in [0.05, 0.1) is 0 Å². The molecule has 2 fully saturated rings. The van der Waals surface area contributed by atoms with Crippen molar-refractivity contribution in [1.82, 2.24) is 9.80 Å². The van der Waals surface area contributed by atoms with Gasteiger partial charge in [-0.1, -0.05) is 26.7 Å². The lowest BCUT2D eigenvalue weighted by Gasteiger charge is -2.41. The van der Waals surface area contributed by atoms with Gasteiger partial charge in [0.1, 0.15) is 5.78 Å². The van der Waals surface area contributed by atoms with E-state index in [0.29, 0.717) is 17.7 Å². The molecule has 0 N–H and O–H groups in total. The lowest BCUT2D eigenvalue weighted by atomic mass is 9.78. The Hall–Kier alpha value is -0.410. The lowest BCUT2D eigenvalue weighted by molar-refractivity contribution is -0.126. The molecule has 3 heteroatoms. The average Bonchev–Trinajstić information content (AvgIpc) is 2.45. The highest BCUT2D eigenvalue weighted by atomic mass is 16.1. The summed E-state index contributed by atoms with van der Waals surface area (Å²) in [5, 5.41) is 0. The first kappa shape index (κ1) is 16.0. The quantitative estimate of drug-likeness (QED) is 0.773. The van der Waals surface area contributed by atoms with Gasteiger partial charge in [-0.15, -0.1) is 0 Å². The molecule has 0 bridgehead atoms. The van der Waals surface area contributed by atoms with Crippen LogP contribution in [0.25, 0.3) is 0 Å². The maximum Gasteiger partial charge on any atom is 0.137 e. The number of carbonyl (C=O) groups excluding carboxylic acids is 1. The summed E-state index contributed by atoms with van der Waals surface area (Å²) in [5.41, 5.74) is 0. The van der Waals surface area contributed by atoms with Crippen molar-refractivity contribution in [1.29, 1.82) is 0 Å². The minimum Gasteiger partial charge on any atom is -0.301 e. The summed E-state index contributed by atoms with van der Waals surface area (Å²) >= 11 is 0. The fourth-order valence-corrected chi connectivity index (χ4v) is 3.98. The Balaban J connectivity index is 1.86. The van der Waals surface area contributed by atoms with Gasteiger partial charge in [-0.05, 0) is 32.2 Å². The minimum absolute atomic E-state index is 0.321. The molecule has 0 amide bonds. The van der Waals surface area contributed by atoms with E-state index in [4.69, 9.17) is 0 Å². The topological polar surface area (TPSA) is 23.6 Å². The van der Waals surface area contributed by atoms with E-state index < -0.39 is 0 Å². The van der Waals surface area contributed by atoms with Gasteiger partial charge in [-0.25, -0.2) is 0 Å². The monoisotopic (exact) mass is 280 g/mol. The van der Waals surface area contributed by atoms with Crippen LogP contribution in [0.4, 0.5) is 0 Å². The molecule has 2 rings (SSSR count). The van der Waals surface area contributed by atoms with E-state index in [0.717, 1.165) is 51.4 Å². The summed E-state index contributed by atoms with van der Waals surface area (Å²) in [5.74, 6) is 1.66. The second kappa shape index (κ2) is 7.56. The molecule has 20 heavy (non-hydrogen) atoms. The van der Waals surface area contributed by atoms with Gasteiger partial charge in [0.25, 0.3) is 0 Å². The second-order valence-corrected chi connectivity index (χ2v) is 6.89. The molecule has 3 unspecified atom stereocenters. The SMILES string of the molecule is CCCC1CCC(=O)C(CN2CCN(C)C(CC)C2)C1. The van der Waals surface area contributed by atoms with Crippen LogP contribution in [-0.4, -0.2) is 54.9 Å². The van der Waals surface area contributed by atoms with Crippen LogP contribution in [0.1, 0.15) is 52.4 Å². The van der Waals surface area contributed by atoms with Crippen molar-refractivity contribution in [2.24, 2.45) is 11.8 Å². The maximum atomic E-state index is 12.2. The second-order valence-electron chi connectivity index (χ2n) is 6.89. The number of nitrogens with zero attached hydrogens (tertiary/aromatic N) is 2. The molecule has 3 nitrogen and oxygen atoms in total. The van der Waals surface area contributed by atoms with Crippen molar-refractivity contribution < 1.29 is 4.79 Å². The van der Waals surface area contributed by atoms with Crippen molar-refractivity contribution in [3.63, 3.8) is 0 Å². The molecule has 0 aromatic heterocycles. The molecule has 3 atom stereocenters. The third kappa shape index (κ3) is 4.05. The number of hydrogen-bond acceptors (Lipinski definition) is 3. The van der Waals surface area contributed by atoms with Crippen LogP contribution in [0.15, 0.2) is 0 Å². The zero-order valence-corrected chi connectivity index (χ0v) is 13.6. The molecule has 1 saturated heterocycles. The molecule has 0 aromatic carbocycles. The number of piperazine rings is 1. The molecule has 1 heterocycles. The van der Waals surface area contributed by atoms with Gasteiger partial charge in [0.15, 0.2) is 0 Å². The lowest BCUT2D eigenvalue weighted by Crippen LogP contribution is -2.52. The third-order valence-electron chi connectivity index (χ3n) is 5.38. The summed E-state index contributed by atoms with van der Waals surface area (Å²) in [6.07, 6.45) is 6.91. The third-order valence-corrected chi connectivity index (χ3v) is 5.38. The van der Waals surface area contributed by atoms with E-state index >= 15 is 0 Å². The number of rotatable bonds is 5. The molecule has 1 saturated carbocycles. The van der Waals surface area contributed by atoms with E-state index in [1.165, 1.54) is 19.3 Å². The van der Waals surface area contributed by atoms with E-state index in [2.05, 4.69) is 30.7 Å². The molecule has 0 radical (unpaired) electrons. The van der Waals surface area contributed by atoms with Crippen LogP contribution in [0.2, 0.25) is 0 Å². The number of carbonyl (C=O) groups is 1. The van der Waals surface area contributed by atoms with Crippen molar-refractivity contribution in [2.45, 2.75) is 58.4 Å². The molecule has 116 valence electrons. The predicted octanol–water partition coefficient (Wildman–Crippen LogP) is 2.80. The fraction of sp³-hybridized carbons (Fsp3) is 0.941. The Labute approximate surface area is 124 Å². The van der Waals surface area contributed by atoms with Gasteiger partial charge >= 0.3 is 0 Å². The zero-order chi connectivity index (χ0) is 14.5. The van der Waals surface area contributed by atoms with Crippen molar-refractivity contribution in [3.8, 4) is 0 Å². The highest BCUT2D eigenvalue weighted by Crippen LogP contribution is 2.30. The van der Waals surface area contributed by atoms with E-state index in [9.17, 15) is 4.79 Å². The summed E-state index contributed by atoms with van der Waals surface area (Å²) in [7, 11) is 2.23. The number of hydrogen-bond donors (Lipinski definition) is 0. The Morgan fingerprint density at radius 2 is 2.05 bits per heavy atom. The molecule has 1 aliphatic heterocycles. The highest BCUT2D eigenvalue weighted by molar-refractivity contribution is 5.81. The van der Waals surface area contributed by atoms with Gasteiger partial charge < -0.3 is 4.90 Å². The molecule has 2 aliphatic rings. The van der Waals surface area contributed by atoms with Crippen molar-refractivity contribution in [2.75, 3.05) is 33.2 Å². The molecule has 1 aliphatic carbocycles. The largest absolute Gasteiger partial charge is 0.301 e. The van der Waals surface area contributed by atoms with Crippen LogP contribution >= 0.6 is 0 Å². The van der Waals surface area contributed by atoms with Crippen molar-refractivity contribution in [3.05, 3.63) is 0 Å². The zero-order valence-electron chi connectivity index (χ0n) is 13.6. The Morgan fingerprint density at radius 1 is 1.25 bits per heavy atom. The smallest absolute Gasteiger partial charge is 0.137 e. The van der Waals surface area contributed by atoms with E-state index in [1.807, 2.05) is 0 Å².